The summed E-state index contributed by atoms with van der Waals surface area (Å²) in [5.74, 6) is 0.0223. The van der Waals surface area contributed by atoms with E-state index in [4.69, 9.17) is 9.47 Å². The van der Waals surface area contributed by atoms with E-state index in [2.05, 4.69) is 5.32 Å². The van der Waals surface area contributed by atoms with Gasteiger partial charge in [0.25, 0.3) is 0 Å². The van der Waals surface area contributed by atoms with Crippen LogP contribution in [0.4, 0.5) is 0 Å². The van der Waals surface area contributed by atoms with Gasteiger partial charge in [0.15, 0.2) is 0 Å². The molecule has 0 saturated heterocycles. The molecule has 5 heteroatoms. The number of carbonyl (C=O) groups excluding carboxylic acids is 1. The van der Waals surface area contributed by atoms with E-state index in [1.165, 1.54) is 0 Å². The highest BCUT2D eigenvalue weighted by Crippen LogP contribution is 1.87. The maximum Gasteiger partial charge on any atom is 0.212 e. The van der Waals surface area contributed by atoms with Crippen molar-refractivity contribution in [3.63, 3.8) is 0 Å². The maximum atomic E-state index is 10.9. The van der Waals surface area contributed by atoms with Crippen LogP contribution in [-0.2, 0) is 14.3 Å². The Balaban J connectivity index is 3.68. The first-order valence-corrected chi connectivity index (χ1v) is 4.01. The van der Waals surface area contributed by atoms with E-state index < -0.39 is 0 Å². The summed E-state index contributed by atoms with van der Waals surface area (Å²) in [4.78, 5) is 10.9. The molecule has 0 saturated carbocycles. The quantitative estimate of drug-likeness (QED) is 0.514. The van der Waals surface area contributed by atoms with Gasteiger partial charge in [0.2, 0.25) is 5.91 Å². The SMILES string of the molecule is BCC(=O)NC(COC)COC. The lowest BCUT2D eigenvalue weighted by molar-refractivity contribution is -0.120. The number of amides is 1. The molecule has 0 rings (SSSR count). The molecular formula is C7H16BNO3. The van der Waals surface area contributed by atoms with Crippen LogP contribution in [0.5, 0.6) is 0 Å². The molecule has 0 atom stereocenters. The first-order valence-electron chi connectivity index (χ1n) is 4.01. The zero-order valence-corrected chi connectivity index (χ0v) is 7.92. The van der Waals surface area contributed by atoms with Crippen LogP contribution in [0.3, 0.4) is 0 Å². The molecule has 0 fully saturated rings. The van der Waals surface area contributed by atoms with E-state index in [1.807, 2.05) is 7.85 Å². The van der Waals surface area contributed by atoms with Crippen LogP contribution in [-0.4, -0.2) is 47.2 Å². The van der Waals surface area contributed by atoms with Gasteiger partial charge in [-0.05, 0) is 6.32 Å². The molecule has 0 spiro atoms. The Hall–Kier alpha value is -0.545. The minimum Gasteiger partial charge on any atom is -0.382 e. The zero-order valence-electron chi connectivity index (χ0n) is 7.92. The minimum absolute atomic E-state index is 0.0223. The third-order valence-electron chi connectivity index (χ3n) is 1.42. The van der Waals surface area contributed by atoms with Gasteiger partial charge in [-0.25, -0.2) is 0 Å². The highest BCUT2D eigenvalue weighted by molar-refractivity contribution is 6.19. The largest absolute Gasteiger partial charge is 0.382 e. The summed E-state index contributed by atoms with van der Waals surface area (Å²) in [5, 5.41) is 2.78. The fraction of sp³-hybridized carbons (Fsp3) is 0.857. The molecule has 0 aromatic carbocycles. The summed E-state index contributed by atoms with van der Waals surface area (Å²) in [6.07, 6.45) is 0.490. The lowest BCUT2D eigenvalue weighted by Gasteiger charge is -2.16. The molecule has 0 aromatic heterocycles. The van der Waals surface area contributed by atoms with Crippen LogP contribution < -0.4 is 5.32 Å². The van der Waals surface area contributed by atoms with Crippen LogP contribution in [0.25, 0.3) is 0 Å². The average molecular weight is 173 g/mol. The molecule has 1 amide bonds. The lowest BCUT2D eigenvalue weighted by atomic mass is 10.0. The summed E-state index contributed by atoms with van der Waals surface area (Å²) in [5.41, 5.74) is 0. The Kier molecular flexibility index (Phi) is 6.80. The fourth-order valence-electron chi connectivity index (χ4n) is 0.864. The molecule has 12 heavy (non-hydrogen) atoms. The second-order valence-electron chi connectivity index (χ2n) is 2.53. The Morgan fingerprint density at radius 2 is 1.92 bits per heavy atom. The van der Waals surface area contributed by atoms with Crippen molar-refractivity contribution in [1.29, 1.82) is 0 Å². The molecule has 0 unspecified atom stereocenters. The number of carbonyl (C=O) groups is 1. The third-order valence-corrected chi connectivity index (χ3v) is 1.42. The molecule has 0 aliphatic heterocycles. The van der Waals surface area contributed by atoms with E-state index >= 15 is 0 Å². The fourth-order valence-corrected chi connectivity index (χ4v) is 0.864. The van der Waals surface area contributed by atoms with Crippen molar-refractivity contribution >= 4 is 13.8 Å². The van der Waals surface area contributed by atoms with Crippen molar-refractivity contribution in [3.05, 3.63) is 0 Å². The minimum atomic E-state index is -0.0348. The standard InChI is InChI=1S/C7H16BNO3/c1-11-4-6(5-12-2)9-7(10)3-8/h6H,3-5,8H2,1-2H3,(H,9,10). The van der Waals surface area contributed by atoms with Crippen LogP contribution in [0, 0.1) is 0 Å². The summed E-state index contributed by atoms with van der Waals surface area (Å²) in [7, 11) is 5.01. The van der Waals surface area contributed by atoms with Gasteiger partial charge >= 0.3 is 0 Å². The van der Waals surface area contributed by atoms with Crippen LogP contribution in [0.1, 0.15) is 0 Å². The number of ether oxygens (including phenoxy) is 2. The van der Waals surface area contributed by atoms with E-state index in [0.29, 0.717) is 19.5 Å². The second-order valence-corrected chi connectivity index (χ2v) is 2.53. The van der Waals surface area contributed by atoms with Gasteiger partial charge < -0.3 is 14.8 Å². The molecule has 0 aliphatic carbocycles. The van der Waals surface area contributed by atoms with Gasteiger partial charge in [0.1, 0.15) is 7.85 Å². The molecule has 0 bridgehead atoms. The van der Waals surface area contributed by atoms with Crippen molar-refractivity contribution < 1.29 is 14.3 Å². The summed E-state index contributed by atoms with van der Waals surface area (Å²) in [6, 6.07) is -0.0348. The summed E-state index contributed by atoms with van der Waals surface area (Å²) >= 11 is 0. The first kappa shape index (κ1) is 11.5. The molecule has 4 nitrogen and oxygen atoms in total. The highest BCUT2D eigenvalue weighted by atomic mass is 16.5. The molecule has 1 N–H and O–H groups in total. The smallest absolute Gasteiger partial charge is 0.212 e. The average Bonchev–Trinajstić information content (AvgIpc) is 2.05. The third kappa shape index (κ3) is 5.15. The Labute approximate surface area is 74.0 Å². The van der Waals surface area contributed by atoms with E-state index in [9.17, 15) is 4.79 Å². The molecule has 0 aromatic rings. The van der Waals surface area contributed by atoms with Gasteiger partial charge in [-0.2, -0.15) is 0 Å². The number of hydrogen-bond acceptors (Lipinski definition) is 3. The normalized spacial score (nSPS) is 10.2. The molecular weight excluding hydrogens is 157 g/mol. The maximum absolute atomic E-state index is 10.9. The van der Waals surface area contributed by atoms with E-state index in [0.717, 1.165) is 0 Å². The predicted octanol–water partition coefficient (Wildman–Crippen LogP) is -1.18. The van der Waals surface area contributed by atoms with Gasteiger partial charge in [-0.1, -0.05) is 0 Å². The van der Waals surface area contributed by atoms with Crippen molar-refractivity contribution in [2.75, 3.05) is 27.4 Å². The molecule has 0 radical (unpaired) electrons. The molecule has 0 heterocycles. The highest BCUT2D eigenvalue weighted by Gasteiger charge is 2.09. The molecule has 70 valence electrons. The van der Waals surface area contributed by atoms with Gasteiger partial charge in [0, 0.05) is 14.2 Å². The van der Waals surface area contributed by atoms with Crippen LogP contribution >= 0.6 is 0 Å². The summed E-state index contributed by atoms with van der Waals surface area (Å²) < 4.78 is 9.81. The predicted molar refractivity (Wildman–Crippen MR) is 49.0 cm³/mol. The first-order chi connectivity index (χ1) is 5.74. The number of rotatable bonds is 6. The number of hydrogen-bond donors (Lipinski definition) is 1. The van der Waals surface area contributed by atoms with E-state index in [1.54, 1.807) is 14.2 Å². The summed E-state index contributed by atoms with van der Waals surface area (Å²) in [6.45, 7) is 0.971. The van der Waals surface area contributed by atoms with Gasteiger partial charge in [-0.3, -0.25) is 4.79 Å². The van der Waals surface area contributed by atoms with Crippen LogP contribution in [0.2, 0.25) is 6.32 Å². The molecule has 0 aliphatic rings. The lowest BCUT2D eigenvalue weighted by Crippen LogP contribution is -2.40. The van der Waals surface area contributed by atoms with Crippen molar-refractivity contribution in [2.24, 2.45) is 0 Å². The van der Waals surface area contributed by atoms with Gasteiger partial charge in [0.05, 0.1) is 19.3 Å². The zero-order chi connectivity index (χ0) is 9.40. The van der Waals surface area contributed by atoms with Crippen molar-refractivity contribution in [1.82, 2.24) is 5.32 Å². The Morgan fingerprint density at radius 3 is 2.25 bits per heavy atom. The Morgan fingerprint density at radius 1 is 1.42 bits per heavy atom. The number of nitrogens with one attached hydrogen (secondary N) is 1. The van der Waals surface area contributed by atoms with Crippen LogP contribution in [0.15, 0.2) is 0 Å². The number of methoxy groups -OCH3 is 2. The topological polar surface area (TPSA) is 47.6 Å². The Bertz CT molecular complexity index is 126. The van der Waals surface area contributed by atoms with Crippen molar-refractivity contribution in [3.8, 4) is 0 Å². The van der Waals surface area contributed by atoms with E-state index in [-0.39, 0.29) is 11.9 Å². The second kappa shape index (κ2) is 7.12. The monoisotopic (exact) mass is 173 g/mol. The van der Waals surface area contributed by atoms with Gasteiger partial charge in [-0.15, -0.1) is 0 Å². The van der Waals surface area contributed by atoms with Crippen molar-refractivity contribution in [2.45, 2.75) is 12.4 Å².